The zero-order chi connectivity index (χ0) is 23.1. The van der Waals surface area contributed by atoms with Crippen LogP contribution in [-0.2, 0) is 0 Å². The van der Waals surface area contributed by atoms with E-state index in [0.29, 0.717) is 37.4 Å². The maximum absolute atomic E-state index is 10.6. The van der Waals surface area contributed by atoms with Crippen molar-refractivity contribution in [3.05, 3.63) is 99.4 Å². The van der Waals surface area contributed by atoms with Crippen LogP contribution in [-0.4, -0.2) is 15.2 Å². The Morgan fingerprint density at radius 3 is 2.58 bits per heavy atom. The smallest absolute Gasteiger partial charge is 0.174 e. The normalized spacial score (nSPS) is 17.9. The number of benzene rings is 2. The third-order valence-corrected chi connectivity index (χ3v) is 6.71. The van der Waals surface area contributed by atoms with Gasteiger partial charge in [-0.15, -0.1) is 0 Å². The molecule has 0 radical (unpaired) electrons. The molecular weight excluding hydrogens is 501 g/mol. The summed E-state index contributed by atoms with van der Waals surface area (Å²) in [4.78, 5) is 6.31. The number of nitrogens with zero attached hydrogens (tertiary/aromatic N) is 2. The van der Waals surface area contributed by atoms with Gasteiger partial charge < -0.3 is 19.7 Å². The van der Waals surface area contributed by atoms with Crippen LogP contribution in [0.2, 0.25) is 15.1 Å². The van der Waals surface area contributed by atoms with E-state index in [9.17, 15) is 5.11 Å². The van der Waals surface area contributed by atoms with E-state index in [1.807, 2.05) is 36.4 Å². The number of phenols is 1. The van der Waals surface area contributed by atoms with Gasteiger partial charge in [0.15, 0.2) is 5.11 Å². The summed E-state index contributed by atoms with van der Waals surface area (Å²) in [6, 6.07) is 18.8. The molecule has 0 bridgehead atoms. The van der Waals surface area contributed by atoms with Gasteiger partial charge in [0.1, 0.15) is 23.3 Å². The second kappa shape index (κ2) is 8.88. The molecule has 1 aliphatic rings. The molecule has 0 aliphatic carbocycles. The number of halogens is 3. The fraction of sp³-hybridized carbons (Fsp3) is 0.0833. The molecule has 3 heterocycles. The number of aromatic hydroxyl groups is 1. The van der Waals surface area contributed by atoms with Crippen LogP contribution in [0, 0.1) is 0 Å². The number of pyridine rings is 1. The highest BCUT2D eigenvalue weighted by Crippen LogP contribution is 2.46. The summed E-state index contributed by atoms with van der Waals surface area (Å²) in [7, 11) is 0. The maximum Gasteiger partial charge on any atom is 0.174 e. The lowest BCUT2D eigenvalue weighted by atomic mass is 10.0. The van der Waals surface area contributed by atoms with E-state index in [0.717, 1.165) is 11.3 Å². The van der Waals surface area contributed by atoms with Crippen LogP contribution in [0.15, 0.2) is 77.3 Å². The predicted octanol–water partition coefficient (Wildman–Crippen LogP) is 7.18. The number of hydrogen-bond acceptors (Lipinski definition) is 4. The average molecular weight is 517 g/mol. The Bertz CT molecular complexity index is 1350. The van der Waals surface area contributed by atoms with E-state index >= 15 is 0 Å². The molecule has 5 rings (SSSR count). The molecule has 33 heavy (non-hydrogen) atoms. The van der Waals surface area contributed by atoms with Crippen LogP contribution in [0.4, 0.5) is 5.69 Å². The van der Waals surface area contributed by atoms with Crippen molar-refractivity contribution < 1.29 is 9.52 Å². The van der Waals surface area contributed by atoms with Gasteiger partial charge in [-0.3, -0.25) is 4.98 Å². The van der Waals surface area contributed by atoms with E-state index in [1.54, 1.807) is 35.4 Å². The van der Waals surface area contributed by atoms with E-state index in [4.69, 9.17) is 51.4 Å². The van der Waals surface area contributed by atoms with Gasteiger partial charge in [-0.2, -0.15) is 0 Å². The van der Waals surface area contributed by atoms with Crippen molar-refractivity contribution in [2.75, 3.05) is 4.90 Å². The van der Waals surface area contributed by atoms with Crippen molar-refractivity contribution in [1.82, 2.24) is 10.3 Å². The Morgan fingerprint density at radius 1 is 0.970 bits per heavy atom. The van der Waals surface area contributed by atoms with Crippen LogP contribution in [0.3, 0.4) is 0 Å². The van der Waals surface area contributed by atoms with E-state index in [-0.39, 0.29) is 11.8 Å². The molecule has 0 saturated carbocycles. The van der Waals surface area contributed by atoms with E-state index in [1.165, 1.54) is 6.07 Å². The summed E-state index contributed by atoms with van der Waals surface area (Å²) < 4.78 is 6.28. The van der Waals surface area contributed by atoms with Crippen LogP contribution >= 0.6 is 47.0 Å². The summed E-state index contributed by atoms with van der Waals surface area (Å²) in [5.41, 5.74) is 2.04. The van der Waals surface area contributed by atoms with Crippen LogP contribution in [0.25, 0.3) is 11.3 Å². The van der Waals surface area contributed by atoms with Crippen molar-refractivity contribution in [1.29, 1.82) is 0 Å². The van der Waals surface area contributed by atoms with Crippen LogP contribution in [0.1, 0.15) is 23.5 Å². The molecule has 1 saturated heterocycles. The third kappa shape index (κ3) is 4.15. The van der Waals surface area contributed by atoms with Gasteiger partial charge in [-0.25, -0.2) is 0 Å². The van der Waals surface area contributed by atoms with Gasteiger partial charge in [0, 0.05) is 16.8 Å². The number of nitrogens with one attached hydrogen (secondary N) is 1. The van der Waals surface area contributed by atoms with Crippen molar-refractivity contribution >= 4 is 57.8 Å². The maximum atomic E-state index is 10.6. The number of thiocarbonyl (C=S) groups is 1. The highest BCUT2D eigenvalue weighted by Gasteiger charge is 2.43. The quantitative estimate of drug-likeness (QED) is 0.280. The molecule has 1 aliphatic heterocycles. The lowest BCUT2D eigenvalue weighted by Gasteiger charge is -2.26. The van der Waals surface area contributed by atoms with Gasteiger partial charge in [0.05, 0.1) is 27.5 Å². The molecule has 2 N–H and O–H groups in total. The number of aromatic nitrogens is 1. The highest BCUT2D eigenvalue weighted by molar-refractivity contribution is 7.80. The third-order valence-electron chi connectivity index (χ3n) is 5.42. The summed E-state index contributed by atoms with van der Waals surface area (Å²) in [6.45, 7) is 0. The second-order valence-electron chi connectivity index (χ2n) is 7.46. The molecule has 0 spiro atoms. The number of furan rings is 1. The first-order chi connectivity index (χ1) is 15.9. The average Bonchev–Trinajstić information content (AvgIpc) is 3.42. The molecule has 2 aromatic heterocycles. The minimum absolute atomic E-state index is 0.0477. The Kier molecular flexibility index (Phi) is 5.93. The lowest BCUT2D eigenvalue weighted by Crippen LogP contribution is -2.29. The summed E-state index contributed by atoms with van der Waals surface area (Å²) >= 11 is 24.2. The fourth-order valence-corrected chi connectivity index (χ4v) is 4.71. The van der Waals surface area contributed by atoms with Crippen molar-refractivity contribution in [3.63, 3.8) is 0 Å². The first-order valence-electron chi connectivity index (χ1n) is 9.96. The zero-order valence-electron chi connectivity index (χ0n) is 16.9. The van der Waals surface area contributed by atoms with Gasteiger partial charge in [-0.1, -0.05) is 40.9 Å². The van der Waals surface area contributed by atoms with Crippen LogP contribution in [0.5, 0.6) is 5.75 Å². The standard InChI is InChI=1S/C24H16Cl3N3O2S/c25-14-5-7-19(31)18(12-14)30-23(22(29-24(30)33)17-3-1-2-10-28-17)21-9-8-20(32-21)13-4-6-15(26)16(27)11-13/h1-12,22-23,31H,(H,29,33)/t22-,23-/m0/s1. The number of rotatable bonds is 4. The minimum Gasteiger partial charge on any atom is -0.506 e. The Morgan fingerprint density at radius 2 is 1.82 bits per heavy atom. The molecule has 0 unspecified atom stereocenters. The summed E-state index contributed by atoms with van der Waals surface area (Å²) in [5, 5.41) is 15.7. The molecule has 0 amide bonds. The number of phenolic OH excluding ortho intramolecular Hbond substituents is 1. The van der Waals surface area contributed by atoms with Crippen molar-refractivity contribution in [3.8, 4) is 17.1 Å². The van der Waals surface area contributed by atoms with Crippen molar-refractivity contribution in [2.45, 2.75) is 12.1 Å². The monoisotopic (exact) mass is 515 g/mol. The molecule has 1 fully saturated rings. The summed E-state index contributed by atoms with van der Waals surface area (Å²) in [6.07, 6.45) is 1.72. The molecule has 2 atom stereocenters. The first kappa shape index (κ1) is 22.0. The molecule has 4 aromatic rings. The van der Waals surface area contributed by atoms with Gasteiger partial charge in [-0.05, 0) is 72.9 Å². The van der Waals surface area contributed by atoms with Gasteiger partial charge in [0.2, 0.25) is 0 Å². The molecule has 2 aromatic carbocycles. The lowest BCUT2D eigenvalue weighted by molar-refractivity contribution is 0.434. The minimum atomic E-state index is -0.437. The Labute approximate surface area is 210 Å². The predicted molar refractivity (Wildman–Crippen MR) is 135 cm³/mol. The summed E-state index contributed by atoms with van der Waals surface area (Å²) in [5.74, 6) is 1.29. The van der Waals surface area contributed by atoms with Crippen LogP contribution < -0.4 is 10.2 Å². The Hall–Kier alpha value is -2.77. The largest absolute Gasteiger partial charge is 0.506 e. The Balaban J connectivity index is 1.62. The SMILES string of the molecule is Oc1ccc(Cl)cc1N1C(=S)N[C@@H](c2ccccn2)[C@@H]1c1ccc(-c2ccc(Cl)c(Cl)c2)o1. The van der Waals surface area contributed by atoms with Crippen molar-refractivity contribution in [2.24, 2.45) is 0 Å². The van der Waals surface area contributed by atoms with Gasteiger partial charge >= 0.3 is 0 Å². The number of anilines is 1. The molecule has 9 heteroatoms. The second-order valence-corrected chi connectivity index (χ2v) is 9.10. The fourth-order valence-electron chi connectivity index (χ4n) is 3.91. The number of hydrogen-bond donors (Lipinski definition) is 2. The van der Waals surface area contributed by atoms with Gasteiger partial charge in [0.25, 0.3) is 0 Å². The highest BCUT2D eigenvalue weighted by atomic mass is 35.5. The zero-order valence-corrected chi connectivity index (χ0v) is 20.0. The molecule has 166 valence electrons. The molecule has 5 nitrogen and oxygen atoms in total. The topological polar surface area (TPSA) is 61.5 Å². The first-order valence-corrected chi connectivity index (χ1v) is 11.5. The molecular formula is C24H16Cl3N3O2S. The van der Waals surface area contributed by atoms with E-state index in [2.05, 4.69) is 10.3 Å². The van der Waals surface area contributed by atoms with E-state index < -0.39 is 6.04 Å².